The number of nitrogens with zero attached hydrogens (tertiary/aromatic N) is 2. The zero-order valence-corrected chi connectivity index (χ0v) is 13.7. The van der Waals surface area contributed by atoms with Crippen LogP contribution < -0.4 is 4.74 Å². The Morgan fingerprint density at radius 1 is 1.29 bits per heavy atom. The molecule has 3 rings (SSSR count). The molecule has 2 aromatic rings. The molecular weight excluding hydrogens is 308 g/mol. The lowest BCUT2D eigenvalue weighted by Gasteiger charge is -2.33. The molecule has 1 aromatic carbocycles. The van der Waals surface area contributed by atoms with Crippen LogP contribution in [-0.2, 0) is 0 Å². The fourth-order valence-corrected chi connectivity index (χ4v) is 3.16. The Labute approximate surface area is 141 Å². The van der Waals surface area contributed by atoms with Crippen LogP contribution in [0.25, 0.3) is 0 Å². The summed E-state index contributed by atoms with van der Waals surface area (Å²) in [6.07, 6.45) is 4.89. The Balaban J connectivity index is 1.73. The van der Waals surface area contributed by atoms with Crippen LogP contribution in [0.3, 0.4) is 0 Å². The highest BCUT2D eigenvalue weighted by molar-refractivity contribution is 5.91. The second kappa shape index (κ2) is 7.49. The third-order valence-corrected chi connectivity index (χ3v) is 4.51. The van der Waals surface area contributed by atoms with Crippen molar-refractivity contribution in [2.45, 2.75) is 43.9 Å². The van der Waals surface area contributed by atoms with E-state index in [-0.39, 0.29) is 23.8 Å². The number of oxazole rings is 1. The van der Waals surface area contributed by atoms with E-state index >= 15 is 0 Å². The fraction of sp³-hybridized carbons (Fsp3) is 0.444. The summed E-state index contributed by atoms with van der Waals surface area (Å²) in [4.78, 5) is 17.8. The van der Waals surface area contributed by atoms with Gasteiger partial charge in [-0.25, -0.2) is 4.98 Å². The predicted octanol–water partition coefficient (Wildman–Crippen LogP) is 2.50. The van der Waals surface area contributed by atoms with Crippen molar-refractivity contribution in [1.29, 1.82) is 0 Å². The summed E-state index contributed by atoms with van der Waals surface area (Å²) in [6.45, 7) is 0. The molecule has 6 heteroatoms. The molecule has 0 saturated heterocycles. The molecule has 0 bridgehead atoms. The van der Waals surface area contributed by atoms with E-state index in [1.165, 1.54) is 17.5 Å². The molecule has 3 atom stereocenters. The molecule has 0 aliphatic heterocycles. The summed E-state index contributed by atoms with van der Waals surface area (Å²) in [6, 6.07) is 9.14. The van der Waals surface area contributed by atoms with Crippen molar-refractivity contribution >= 4 is 5.91 Å². The fourth-order valence-electron chi connectivity index (χ4n) is 3.16. The molecule has 1 saturated carbocycles. The number of hydrogen-bond donors (Lipinski definition) is 1. The van der Waals surface area contributed by atoms with Gasteiger partial charge in [-0.2, -0.15) is 0 Å². The monoisotopic (exact) mass is 330 g/mol. The van der Waals surface area contributed by atoms with E-state index in [1.54, 1.807) is 7.05 Å². The van der Waals surface area contributed by atoms with Gasteiger partial charge in [-0.05, 0) is 31.4 Å². The van der Waals surface area contributed by atoms with E-state index < -0.39 is 6.10 Å². The first kappa shape index (κ1) is 16.5. The quantitative estimate of drug-likeness (QED) is 0.872. The van der Waals surface area contributed by atoms with Crippen molar-refractivity contribution in [3.05, 3.63) is 48.7 Å². The first-order chi connectivity index (χ1) is 11.7. The van der Waals surface area contributed by atoms with Gasteiger partial charge < -0.3 is 19.2 Å². The summed E-state index contributed by atoms with van der Waals surface area (Å²) >= 11 is 0. The van der Waals surface area contributed by atoms with E-state index in [1.807, 2.05) is 30.3 Å². The Kier molecular flexibility index (Phi) is 5.15. The largest absolute Gasteiger partial charge is 0.488 e. The number of hydrogen-bond acceptors (Lipinski definition) is 5. The number of para-hydroxylation sites is 1. The van der Waals surface area contributed by atoms with E-state index in [2.05, 4.69) is 4.98 Å². The minimum Gasteiger partial charge on any atom is -0.488 e. The second-order valence-electron chi connectivity index (χ2n) is 6.09. The van der Waals surface area contributed by atoms with Crippen molar-refractivity contribution in [2.24, 2.45) is 0 Å². The van der Waals surface area contributed by atoms with Crippen molar-refractivity contribution in [2.75, 3.05) is 7.05 Å². The SMILES string of the molecule is CN(C(=O)c1cnco1)[C@@H]1CCCC[C@@H](Oc2ccccc2)[C@@H]1O. The maximum atomic E-state index is 12.5. The number of benzene rings is 1. The molecular formula is C18H22N2O4. The summed E-state index contributed by atoms with van der Waals surface area (Å²) in [5.41, 5.74) is 0. The third-order valence-electron chi connectivity index (χ3n) is 4.51. The lowest BCUT2D eigenvalue weighted by Crippen LogP contribution is -2.49. The van der Waals surface area contributed by atoms with Crippen LogP contribution in [0, 0.1) is 0 Å². The summed E-state index contributed by atoms with van der Waals surface area (Å²) in [7, 11) is 1.68. The van der Waals surface area contributed by atoms with Gasteiger partial charge in [0.25, 0.3) is 5.91 Å². The van der Waals surface area contributed by atoms with Gasteiger partial charge in [-0.15, -0.1) is 0 Å². The lowest BCUT2D eigenvalue weighted by molar-refractivity contribution is -0.0150. The molecule has 1 heterocycles. The maximum Gasteiger partial charge on any atom is 0.291 e. The van der Waals surface area contributed by atoms with Crippen LogP contribution in [0.4, 0.5) is 0 Å². The summed E-state index contributed by atoms with van der Waals surface area (Å²) in [5.74, 6) is 0.623. The van der Waals surface area contributed by atoms with Gasteiger partial charge in [-0.3, -0.25) is 4.79 Å². The maximum absolute atomic E-state index is 12.5. The molecule has 1 amide bonds. The number of aliphatic hydroxyl groups is 1. The number of aromatic nitrogens is 1. The van der Waals surface area contributed by atoms with Crippen LogP contribution in [-0.4, -0.2) is 46.2 Å². The number of carbonyl (C=O) groups is 1. The molecule has 1 aliphatic rings. The van der Waals surface area contributed by atoms with Gasteiger partial charge in [0.1, 0.15) is 18.0 Å². The molecule has 0 spiro atoms. The first-order valence-electron chi connectivity index (χ1n) is 8.22. The van der Waals surface area contributed by atoms with Crippen LogP contribution >= 0.6 is 0 Å². The van der Waals surface area contributed by atoms with Gasteiger partial charge >= 0.3 is 0 Å². The van der Waals surface area contributed by atoms with Gasteiger partial charge in [0.15, 0.2) is 6.39 Å². The zero-order chi connectivity index (χ0) is 16.9. The molecule has 1 fully saturated rings. The molecule has 1 aromatic heterocycles. The van der Waals surface area contributed by atoms with Gasteiger partial charge in [0.05, 0.1) is 12.2 Å². The topological polar surface area (TPSA) is 75.8 Å². The Morgan fingerprint density at radius 2 is 2.04 bits per heavy atom. The molecule has 24 heavy (non-hydrogen) atoms. The summed E-state index contributed by atoms with van der Waals surface area (Å²) in [5, 5.41) is 10.8. The van der Waals surface area contributed by atoms with Crippen LogP contribution in [0.5, 0.6) is 5.75 Å². The van der Waals surface area contributed by atoms with Crippen molar-refractivity contribution in [3.63, 3.8) is 0 Å². The van der Waals surface area contributed by atoms with Crippen molar-refractivity contribution < 1.29 is 19.1 Å². The number of carbonyl (C=O) groups excluding carboxylic acids is 1. The standard InChI is InChI=1S/C18H22N2O4/c1-20(18(22)16-11-19-12-23-16)14-9-5-6-10-15(17(14)21)24-13-7-3-2-4-8-13/h2-4,7-8,11-12,14-15,17,21H,5-6,9-10H2,1H3/t14-,15-,17-/m1/s1. The number of aliphatic hydroxyl groups excluding tert-OH is 1. The highest BCUT2D eigenvalue weighted by Gasteiger charge is 2.36. The molecule has 0 radical (unpaired) electrons. The lowest BCUT2D eigenvalue weighted by atomic mass is 10.0. The molecule has 1 N–H and O–H groups in total. The average molecular weight is 330 g/mol. The van der Waals surface area contributed by atoms with Crippen LogP contribution in [0.15, 0.2) is 47.3 Å². The minimum atomic E-state index is -0.760. The van der Waals surface area contributed by atoms with Crippen molar-refractivity contribution in [3.8, 4) is 5.75 Å². The normalized spacial score (nSPS) is 24.2. The highest BCUT2D eigenvalue weighted by atomic mass is 16.5. The molecule has 128 valence electrons. The number of likely N-dealkylation sites (N-methyl/N-ethyl adjacent to an activating group) is 1. The van der Waals surface area contributed by atoms with Gasteiger partial charge in [-0.1, -0.05) is 24.6 Å². The number of amides is 1. The third kappa shape index (κ3) is 3.59. The number of ether oxygens (including phenoxy) is 1. The van der Waals surface area contributed by atoms with Gasteiger partial charge in [0.2, 0.25) is 5.76 Å². The molecule has 6 nitrogen and oxygen atoms in total. The first-order valence-corrected chi connectivity index (χ1v) is 8.22. The summed E-state index contributed by atoms with van der Waals surface area (Å²) < 4.78 is 11.1. The Hall–Kier alpha value is -2.34. The van der Waals surface area contributed by atoms with E-state index in [9.17, 15) is 9.90 Å². The van der Waals surface area contributed by atoms with E-state index in [0.29, 0.717) is 0 Å². The van der Waals surface area contributed by atoms with Gasteiger partial charge in [0, 0.05) is 7.05 Å². The second-order valence-corrected chi connectivity index (χ2v) is 6.09. The van der Waals surface area contributed by atoms with Crippen LogP contribution in [0.2, 0.25) is 0 Å². The van der Waals surface area contributed by atoms with Crippen LogP contribution in [0.1, 0.15) is 36.2 Å². The van der Waals surface area contributed by atoms with Crippen molar-refractivity contribution in [1.82, 2.24) is 9.88 Å². The average Bonchev–Trinajstić information content (AvgIpc) is 3.08. The van der Waals surface area contributed by atoms with E-state index in [0.717, 1.165) is 31.4 Å². The molecule has 1 aliphatic carbocycles. The molecule has 0 unspecified atom stereocenters. The highest BCUT2D eigenvalue weighted by Crippen LogP contribution is 2.26. The number of rotatable bonds is 4. The zero-order valence-electron chi connectivity index (χ0n) is 13.7. The minimum absolute atomic E-state index is 0.175. The Bertz CT molecular complexity index is 644. The van der Waals surface area contributed by atoms with E-state index in [4.69, 9.17) is 9.15 Å². The Morgan fingerprint density at radius 3 is 2.75 bits per heavy atom. The predicted molar refractivity (Wildman–Crippen MR) is 87.7 cm³/mol. The smallest absolute Gasteiger partial charge is 0.291 e.